The molecule has 190 valence electrons. The zero-order valence-corrected chi connectivity index (χ0v) is 22.4. The van der Waals surface area contributed by atoms with Gasteiger partial charge < -0.3 is 9.47 Å². The van der Waals surface area contributed by atoms with Crippen LogP contribution in [0, 0.1) is 40.9 Å². The van der Waals surface area contributed by atoms with Gasteiger partial charge in [0.2, 0.25) is 0 Å². The summed E-state index contributed by atoms with van der Waals surface area (Å²) in [5, 5.41) is 0. The lowest BCUT2D eigenvalue weighted by molar-refractivity contribution is -0.00865. The van der Waals surface area contributed by atoms with Crippen molar-refractivity contribution in [3.63, 3.8) is 0 Å². The minimum atomic E-state index is -0.107. The first-order valence-electron chi connectivity index (χ1n) is 15.1. The molecule has 1 aliphatic heterocycles. The van der Waals surface area contributed by atoms with E-state index in [1.165, 1.54) is 77.0 Å². The molecule has 8 saturated carbocycles. The fourth-order valence-corrected chi connectivity index (χ4v) is 11.2. The molecule has 2 nitrogen and oxygen atoms in total. The van der Waals surface area contributed by atoms with Gasteiger partial charge in [-0.05, 0) is 152 Å². The van der Waals surface area contributed by atoms with Gasteiger partial charge in [0.1, 0.15) is 18.0 Å². The van der Waals surface area contributed by atoms with E-state index in [4.69, 9.17) is 9.47 Å². The van der Waals surface area contributed by atoms with Crippen LogP contribution in [0.1, 0.15) is 109 Å². The minimum Gasteiger partial charge on any atom is -0.490 e. The molecule has 0 amide bonds. The molecule has 1 heterocycles. The van der Waals surface area contributed by atoms with E-state index in [0.29, 0.717) is 17.4 Å². The quantitative estimate of drug-likeness (QED) is 0.406. The Hall–Kier alpha value is -1.02. The number of hydrogen-bond acceptors (Lipinski definition) is 2. The Morgan fingerprint density at radius 2 is 1.06 bits per heavy atom. The molecule has 1 aromatic rings. The molecule has 0 spiro atoms. The molecule has 9 aliphatic rings. The maximum Gasteiger partial charge on any atom is 0.130 e. The second-order valence-corrected chi connectivity index (χ2v) is 16.0. The monoisotopic (exact) mass is 474 g/mol. The summed E-state index contributed by atoms with van der Waals surface area (Å²) >= 11 is 0. The summed E-state index contributed by atoms with van der Waals surface area (Å²) in [5.74, 6) is 7.06. The fourth-order valence-electron chi connectivity index (χ4n) is 11.2. The van der Waals surface area contributed by atoms with E-state index >= 15 is 0 Å². The Morgan fingerprint density at radius 1 is 0.686 bits per heavy atom. The van der Waals surface area contributed by atoms with Gasteiger partial charge in [-0.25, -0.2) is 0 Å². The summed E-state index contributed by atoms with van der Waals surface area (Å²) in [4.78, 5) is 0. The van der Waals surface area contributed by atoms with Crippen LogP contribution in [0.5, 0.6) is 5.75 Å². The van der Waals surface area contributed by atoms with Crippen molar-refractivity contribution >= 4 is 0 Å². The number of rotatable bonds is 5. The molecule has 1 atom stereocenters. The number of epoxide rings is 1. The molecule has 1 saturated heterocycles. The van der Waals surface area contributed by atoms with Crippen LogP contribution in [0.3, 0.4) is 0 Å². The Bertz CT molecular complexity index is 891. The summed E-state index contributed by atoms with van der Waals surface area (Å²) in [6.45, 7) is 8.44. The van der Waals surface area contributed by atoms with Crippen molar-refractivity contribution in [3.8, 4) is 5.75 Å². The summed E-state index contributed by atoms with van der Waals surface area (Å²) in [5.41, 5.74) is 4.21. The van der Waals surface area contributed by atoms with Crippen LogP contribution in [0.2, 0.25) is 0 Å². The van der Waals surface area contributed by atoms with E-state index in [9.17, 15) is 0 Å². The topological polar surface area (TPSA) is 21.8 Å². The van der Waals surface area contributed by atoms with Gasteiger partial charge in [-0.1, -0.05) is 26.8 Å². The molecule has 0 radical (unpaired) electrons. The summed E-state index contributed by atoms with van der Waals surface area (Å²) < 4.78 is 12.8. The predicted octanol–water partition coefficient (Wildman–Crippen LogP) is 7.82. The zero-order chi connectivity index (χ0) is 23.6. The van der Waals surface area contributed by atoms with Gasteiger partial charge in [0.15, 0.2) is 0 Å². The van der Waals surface area contributed by atoms with Crippen LogP contribution in [0.15, 0.2) is 18.2 Å². The Labute approximate surface area is 212 Å². The summed E-state index contributed by atoms with van der Waals surface area (Å²) in [6, 6.07) is 7.77. The van der Waals surface area contributed by atoms with E-state index in [2.05, 4.69) is 39.0 Å². The van der Waals surface area contributed by atoms with Crippen LogP contribution < -0.4 is 4.74 Å². The molecule has 0 aromatic heterocycles. The average Bonchev–Trinajstić information content (AvgIpc) is 3.57. The van der Waals surface area contributed by atoms with Crippen molar-refractivity contribution in [2.75, 3.05) is 13.2 Å². The van der Waals surface area contributed by atoms with Gasteiger partial charge in [-0.3, -0.25) is 0 Å². The van der Waals surface area contributed by atoms with Gasteiger partial charge in [-0.2, -0.15) is 0 Å². The largest absolute Gasteiger partial charge is 0.490 e. The highest BCUT2D eigenvalue weighted by Gasteiger charge is 2.56. The van der Waals surface area contributed by atoms with Crippen LogP contribution in [-0.2, 0) is 15.6 Å². The predicted molar refractivity (Wildman–Crippen MR) is 140 cm³/mol. The molecule has 35 heavy (non-hydrogen) atoms. The van der Waals surface area contributed by atoms with E-state index in [1.54, 1.807) is 11.1 Å². The van der Waals surface area contributed by atoms with Crippen LogP contribution in [0.25, 0.3) is 0 Å². The molecule has 8 aliphatic carbocycles. The Morgan fingerprint density at radius 3 is 1.37 bits per heavy atom. The molecule has 1 aromatic carbocycles. The van der Waals surface area contributed by atoms with Crippen LogP contribution in [0.4, 0.5) is 0 Å². The Kier molecular flexibility index (Phi) is 4.46. The average molecular weight is 475 g/mol. The third-order valence-electron chi connectivity index (χ3n) is 12.5. The van der Waals surface area contributed by atoms with Gasteiger partial charge in [0, 0.05) is 0 Å². The third-order valence-corrected chi connectivity index (χ3v) is 12.5. The van der Waals surface area contributed by atoms with Gasteiger partial charge in [-0.15, -0.1) is 0 Å². The molecule has 9 fully saturated rings. The van der Waals surface area contributed by atoms with Crippen molar-refractivity contribution < 1.29 is 9.47 Å². The smallest absolute Gasteiger partial charge is 0.130 e. The molecule has 1 unspecified atom stereocenters. The normalized spacial score (nSPS) is 49.0. The highest BCUT2D eigenvalue weighted by atomic mass is 16.6. The lowest BCUT2D eigenvalue weighted by Gasteiger charge is -2.58. The van der Waals surface area contributed by atoms with Crippen LogP contribution in [-0.4, -0.2) is 18.8 Å². The highest BCUT2D eigenvalue weighted by molar-refractivity contribution is 5.44. The summed E-state index contributed by atoms with van der Waals surface area (Å²) in [6.07, 6.45) is 17.8. The van der Waals surface area contributed by atoms with Gasteiger partial charge in [0.25, 0.3) is 0 Å². The van der Waals surface area contributed by atoms with Crippen molar-refractivity contribution in [2.45, 2.75) is 114 Å². The van der Waals surface area contributed by atoms with Gasteiger partial charge in [0.05, 0.1) is 6.61 Å². The van der Waals surface area contributed by atoms with E-state index in [0.717, 1.165) is 47.9 Å². The molecule has 2 heteroatoms. The maximum atomic E-state index is 6.74. The third kappa shape index (κ3) is 3.37. The lowest BCUT2D eigenvalue weighted by Crippen LogP contribution is -2.50. The molecule has 8 bridgehead atoms. The number of hydrogen-bond donors (Lipinski definition) is 0. The number of ether oxygens (including phenoxy) is 2. The van der Waals surface area contributed by atoms with Crippen molar-refractivity contribution in [1.29, 1.82) is 0 Å². The van der Waals surface area contributed by atoms with Gasteiger partial charge >= 0.3 is 0 Å². The zero-order valence-electron chi connectivity index (χ0n) is 22.4. The molecular weight excluding hydrogens is 428 g/mol. The Balaban J connectivity index is 1.18. The second-order valence-electron chi connectivity index (χ2n) is 16.0. The van der Waals surface area contributed by atoms with E-state index in [1.807, 2.05) is 0 Å². The van der Waals surface area contributed by atoms with Crippen molar-refractivity contribution in [1.82, 2.24) is 0 Å². The van der Waals surface area contributed by atoms with Crippen molar-refractivity contribution in [3.05, 3.63) is 29.3 Å². The molecule has 0 N–H and O–H groups in total. The first kappa shape index (κ1) is 22.0. The molecule has 10 rings (SSSR count). The standard InChI is InChI=1S/C33H46O2/c1-30(2,3)33(20-35-33)19-34-29-11-27(31-13-21-4-22(14-31)6-23(5-21)15-31)10-28(12-29)32-16-24-7-25(17-32)9-26(8-24)18-32/h10-12,21-26H,4-9,13-20H2,1-3H3. The fraction of sp³-hybridized carbons (Fsp3) is 0.818. The number of benzene rings is 1. The lowest BCUT2D eigenvalue weighted by atomic mass is 9.46. The molecular formula is C33H46O2. The minimum absolute atomic E-state index is 0.107. The van der Waals surface area contributed by atoms with Crippen molar-refractivity contribution in [2.24, 2.45) is 40.9 Å². The van der Waals surface area contributed by atoms with E-state index < -0.39 is 0 Å². The maximum absolute atomic E-state index is 6.74. The summed E-state index contributed by atoms with van der Waals surface area (Å²) in [7, 11) is 0. The first-order chi connectivity index (χ1) is 16.7. The SMILES string of the molecule is CC(C)(C)C1(COc2cc(C34CC5CC(CC(C5)C3)C4)cc(C34CC5CC(CC(C5)C3)C4)c2)CO1. The second kappa shape index (κ2) is 7.09. The highest BCUT2D eigenvalue weighted by Crippen LogP contribution is 2.64. The van der Waals surface area contributed by atoms with Crippen LogP contribution >= 0.6 is 0 Å². The van der Waals surface area contributed by atoms with E-state index in [-0.39, 0.29) is 11.0 Å². The first-order valence-corrected chi connectivity index (χ1v) is 15.1.